The number of hydrogen-bond donors (Lipinski definition) is 1. The molecule has 0 atom stereocenters. The molecule has 8 nitrogen and oxygen atoms in total. The molecule has 0 spiro atoms. The van der Waals surface area contributed by atoms with Gasteiger partial charge < -0.3 is 9.29 Å². The van der Waals surface area contributed by atoms with Crippen LogP contribution in [0.5, 0.6) is 5.75 Å². The van der Waals surface area contributed by atoms with Gasteiger partial charge in [0.05, 0.1) is 18.1 Å². The van der Waals surface area contributed by atoms with Crippen LogP contribution in [0.1, 0.15) is 0 Å². The van der Waals surface area contributed by atoms with Crippen LogP contribution in [0.15, 0.2) is 18.2 Å². The van der Waals surface area contributed by atoms with Gasteiger partial charge >= 0.3 is 29.6 Å². The smallest absolute Gasteiger partial charge is 0.731 e. The third-order valence-corrected chi connectivity index (χ3v) is 2.11. The molecule has 0 fully saturated rings. The van der Waals surface area contributed by atoms with E-state index in [2.05, 4.69) is 0 Å². The molecule has 0 amide bonds. The summed E-state index contributed by atoms with van der Waals surface area (Å²) in [4.78, 5) is 9.77. The minimum atomic E-state index is -4.80. The van der Waals surface area contributed by atoms with Crippen molar-refractivity contribution in [3.05, 3.63) is 28.3 Å². The number of nitro benzene ring substituents is 1. The van der Waals surface area contributed by atoms with E-state index in [1.165, 1.54) is 17.9 Å². The second-order valence-corrected chi connectivity index (χ2v) is 3.81. The largest absolute Gasteiger partial charge is 1.00 e. The molecule has 0 unspecified atom stereocenters. The number of nitrogens with zero attached hydrogens (tertiary/aromatic N) is 1. The van der Waals surface area contributed by atoms with E-state index in [-0.39, 0.29) is 35.3 Å². The zero-order valence-corrected chi connectivity index (χ0v) is 11.9. The maximum absolute atomic E-state index is 10.6. The fourth-order valence-electron chi connectivity index (χ4n) is 1.01. The summed E-state index contributed by atoms with van der Waals surface area (Å²) in [5, 5.41) is 10.6. The van der Waals surface area contributed by atoms with Crippen molar-refractivity contribution in [2.75, 3.05) is 11.8 Å². The van der Waals surface area contributed by atoms with Gasteiger partial charge in [0.25, 0.3) is 5.69 Å². The zero-order valence-electron chi connectivity index (χ0n) is 9.04. The number of methoxy groups -OCH3 is 1. The van der Waals surface area contributed by atoms with Crippen LogP contribution in [0.2, 0.25) is 0 Å². The quantitative estimate of drug-likeness (QED) is 0.279. The Morgan fingerprint density at radius 1 is 1.41 bits per heavy atom. The van der Waals surface area contributed by atoms with Gasteiger partial charge in [-0.05, 0) is 12.1 Å². The first-order chi connectivity index (χ1) is 7.33. The summed E-state index contributed by atoms with van der Waals surface area (Å²) in [5.41, 5.74) is -0.959. The Balaban J connectivity index is 0.00000256. The number of nitrogens with one attached hydrogen (secondary N) is 1. The number of benzene rings is 1. The standard InChI is InChI=1S/C7H8N2O6S.Na/c1-15-5-2-3-6(8-16(12,13)14)7(4-5)9(10)11;/h2-4,8H,1H3,(H,12,13,14);/q;+1/p-1. The molecule has 0 aliphatic rings. The Morgan fingerprint density at radius 3 is 2.41 bits per heavy atom. The van der Waals surface area contributed by atoms with Gasteiger partial charge in [-0.2, -0.15) is 0 Å². The average molecular weight is 270 g/mol. The third kappa shape index (κ3) is 4.88. The van der Waals surface area contributed by atoms with Crippen LogP contribution in [0, 0.1) is 10.1 Å². The van der Waals surface area contributed by atoms with Crippen LogP contribution in [-0.4, -0.2) is 25.0 Å². The molecule has 0 aromatic heterocycles. The van der Waals surface area contributed by atoms with E-state index in [9.17, 15) is 23.1 Å². The number of rotatable bonds is 4. The maximum Gasteiger partial charge on any atom is 1.00 e. The molecule has 0 aliphatic heterocycles. The summed E-state index contributed by atoms with van der Waals surface area (Å²) in [6.45, 7) is 0. The Labute approximate surface area is 119 Å². The van der Waals surface area contributed by atoms with Crippen molar-refractivity contribution >= 4 is 21.7 Å². The molecule has 0 aliphatic carbocycles. The predicted molar refractivity (Wildman–Crippen MR) is 53.0 cm³/mol. The van der Waals surface area contributed by atoms with Crippen LogP contribution in [0.3, 0.4) is 0 Å². The van der Waals surface area contributed by atoms with E-state index in [4.69, 9.17) is 4.74 Å². The van der Waals surface area contributed by atoms with Gasteiger partial charge in [-0.15, -0.1) is 0 Å². The Kier molecular flexibility index (Phi) is 5.85. The summed E-state index contributed by atoms with van der Waals surface area (Å²) in [5.74, 6) is 0.181. The Morgan fingerprint density at radius 2 is 2.00 bits per heavy atom. The molecule has 1 N–H and O–H groups in total. The van der Waals surface area contributed by atoms with E-state index >= 15 is 0 Å². The minimum Gasteiger partial charge on any atom is -0.731 e. The second kappa shape index (κ2) is 6.17. The molecular formula is C7H7N2NaO6S. The van der Waals surface area contributed by atoms with Gasteiger partial charge in [-0.25, -0.2) is 8.42 Å². The van der Waals surface area contributed by atoms with Gasteiger partial charge in [-0.3, -0.25) is 14.8 Å². The molecule has 0 bridgehead atoms. The van der Waals surface area contributed by atoms with Gasteiger partial charge in [-0.1, -0.05) is 0 Å². The van der Waals surface area contributed by atoms with Crippen molar-refractivity contribution in [1.29, 1.82) is 0 Å². The first-order valence-electron chi connectivity index (χ1n) is 3.89. The fraction of sp³-hybridized carbons (Fsp3) is 0.143. The zero-order chi connectivity index (χ0) is 12.3. The number of nitro groups is 1. The van der Waals surface area contributed by atoms with Crippen LogP contribution in [0.25, 0.3) is 0 Å². The molecule has 0 saturated carbocycles. The molecule has 1 rings (SSSR count). The molecule has 0 saturated heterocycles. The van der Waals surface area contributed by atoms with Gasteiger partial charge in [0.2, 0.25) is 0 Å². The molecule has 88 valence electrons. The van der Waals surface area contributed by atoms with Gasteiger partial charge in [0.15, 0.2) is 10.3 Å². The second-order valence-electron chi connectivity index (χ2n) is 2.70. The van der Waals surface area contributed by atoms with Crippen molar-refractivity contribution in [3.8, 4) is 5.75 Å². The molecule has 10 heteroatoms. The third-order valence-electron chi connectivity index (χ3n) is 1.64. The van der Waals surface area contributed by atoms with E-state index in [0.29, 0.717) is 0 Å². The molecule has 17 heavy (non-hydrogen) atoms. The van der Waals surface area contributed by atoms with Crippen molar-refractivity contribution < 1.29 is 52.2 Å². The first-order valence-corrected chi connectivity index (χ1v) is 5.30. The summed E-state index contributed by atoms with van der Waals surface area (Å²) in [6.07, 6.45) is 0. The number of anilines is 1. The predicted octanol–water partition coefficient (Wildman–Crippen LogP) is -2.52. The summed E-state index contributed by atoms with van der Waals surface area (Å²) < 4.78 is 37.5. The van der Waals surface area contributed by atoms with Crippen LogP contribution in [0.4, 0.5) is 11.4 Å². The van der Waals surface area contributed by atoms with Crippen LogP contribution >= 0.6 is 0 Å². The van der Waals surface area contributed by atoms with E-state index < -0.39 is 26.6 Å². The molecule has 0 radical (unpaired) electrons. The van der Waals surface area contributed by atoms with Gasteiger partial charge in [0.1, 0.15) is 11.4 Å². The molecule has 1 aromatic rings. The Hall–Kier alpha value is -0.870. The van der Waals surface area contributed by atoms with Gasteiger partial charge in [0, 0.05) is 0 Å². The van der Waals surface area contributed by atoms with E-state index in [1.54, 1.807) is 0 Å². The maximum atomic E-state index is 10.6. The topological polar surface area (TPSA) is 122 Å². The van der Waals surface area contributed by atoms with Crippen LogP contribution in [-0.2, 0) is 10.3 Å². The van der Waals surface area contributed by atoms with Crippen molar-refractivity contribution in [3.63, 3.8) is 0 Å². The van der Waals surface area contributed by atoms with Crippen molar-refractivity contribution in [2.24, 2.45) is 0 Å². The van der Waals surface area contributed by atoms with Crippen molar-refractivity contribution in [1.82, 2.24) is 0 Å². The van der Waals surface area contributed by atoms with E-state index in [0.717, 1.165) is 12.1 Å². The number of hydrogen-bond acceptors (Lipinski definition) is 6. The van der Waals surface area contributed by atoms with Crippen molar-refractivity contribution in [2.45, 2.75) is 0 Å². The monoisotopic (exact) mass is 270 g/mol. The molecule has 1 aromatic carbocycles. The molecular weight excluding hydrogens is 263 g/mol. The SMILES string of the molecule is COc1ccc(NS(=O)(=O)[O-])c([N+](=O)[O-])c1.[Na+]. The summed E-state index contributed by atoms with van der Waals surface area (Å²) in [7, 11) is -3.50. The summed E-state index contributed by atoms with van der Waals surface area (Å²) >= 11 is 0. The molecule has 0 heterocycles. The Bertz CT molecular complexity index is 517. The fourth-order valence-corrected chi connectivity index (χ4v) is 1.45. The number of ether oxygens (including phenoxy) is 1. The first kappa shape index (κ1) is 16.1. The summed E-state index contributed by atoms with van der Waals surface area (Å²) in [6, 6.07) is 3.38. The minimum absolute atomic E-state index is 0. The normalized spacial score (nSPS) is 10.2. The van der Waals surface area contributed by atoms with Crippen LogP contribution < -0.4 is 39.0 Å². The average Bonchev–Trinajstić information content (AvgIpc) is 2.15. The van der Waals surface area contributed by atoms with E-state index in [1.807, 2.05) is 0 Å².